The lowest BCUT2D eigenvalue weighted by Crippen LogP contribution is -2.46. The maximum Gasteiger partial charge on any atom is 0.388 e. The molecule has 1 aromatic carbocycles. The van der Waals surface area contributed by atoms with Crippen LogP contribution in [0.3, 0.4) is 0 Å². The molecule has 5 heterocycles. The van der Waals surface area contributed by atoms with E-state index in [0.717, 1.165) is 10.2 Å². The fourth-order valence-corrected chi connectivity index (χ4v) is 5.76. The Balaban J connectivity index is 1.37. The normalized spacial score (nSPS) is 18.5. The van der Waals surface area contributed by atoms with Crippen LogP contribution in [0.2, 0.25) is 0 Å². The molecule has 2 aromatic heterocycles. The Bertz CT molecular complexity index is 1890. The quantitative estimate of drug-likeness (QED) is 0.217. The van der Waals surface area contributed by atoms with Crippen molar-refractivity contribution in [2.45, 2.75) is 44.5 Å². The first kappa shape index (κ1) is 29.7. The average molecular weight is 646 g/mol. The SMILES string of the molecule is Cn1cc(-c2c3cccn(Cc4ccccc4)c-3nc2-c2c(C(F)F)nn3c2OC[C@@H](NC(=O)[C@@H]2CC2(F)F)C3)c(OC(F)F)n1. The summed E-state index contributed by atoms with van der Waals surface area (Å²) in [4.78, 5) is 17.1. The van der Waals surface area contributed by atoms with Crippen molar-refractivity contribution in [3.8, 4) is 45.5 Å². The molecule has 0 bridgehead atoms. The highest BCUT2D eigenvalue weighted by Gasteiger charge is 2.61. The zero-order valence-corrected chi connectivity index (χ0v) is 24.0. The summed E-state index contributed by atoms with van der Waals surface area (Å²) < 4.78 is 97.9. The minimum Gasteiger partial charge on any atom is -0.475 e. The lowest BCUT2D eigenvalue weighted by molar-refractivity contribution is -0.125. The molecule has 2 atom stereocenters. The number of alkyl halides is 6. The van der Waals surface area contributed by atoms with Gasteiger partial charge in [0.05, 0.1) is 29.4 Å². The van der Waals surface area contributed by atoms with Crippen LogP contribution in [0.5, 0.6) is 11.8 Å². The number of aryl methyl sites for hydroxylation is 1. The van der Waals surface area contributed by atoms with Crippen LogP contribution in [0.15, 0.2) is 54.9 Å². The van der Waals surface area contributed by atoms with Crippen molar-refractivity contribution in [2.24, 2.45) is 13.0 Å². The van der Waals surface area contributed by atoms with Crippen LogP contribution in [0, 0.1) is 5.92 Å². The van der Waals surface area contributed by atoms with Gasteiger partial charge >= 0.3 is 6.61 Å². The number of hydrogen-bond acceptors (Lipinski definition) is 6. The van der Waals surface area contributed by atoms with Crippen LogP contribution in [0.1, 0.15) is 24.1 Å². The van der Waals surface area contributed by atoms with E-state index in [1.54, 1.807) is 22.9 Å². The van der Waals surface area contributed by atoms with Crippen LogP contribution >= 0.6 is 0 Å². The molecule has 3 aromatic rings. The number of ether oxygens (including phenoxy) is 2. The van der Waals surface area contributed by atoms with Gasteiger partial charge in [-0.3, -0.25) is 9.48 Å². The lowest BCUT2D eigenvalue weighted by Gasteiger charge is -2.25. The number of rotatable bonds is 9. The Morgan fingerprint density at radius 3 is 2.54 bits per heavy atom. The van der Waals surface area contributed by atoms with Crippen molar-refractivity contribution in [2.75, 3.05) is 6.61 Å². The fourth-order valence-electron chi connectivity index (χ4n) is 5.76. The van der Waals surface area contributed by atoms with Crippen molar-refractivity contribution < 1.29 is 40.6 Å². The molecule has 1 N–H and O–H groups in total. The summed E-state index contributed by atoms with van der Waals surface area (Å²) in [6.45, 7) is -3.23. The molecule has 3 aliphatic heterocycles. The average Bonchev–Trinajstić information content (AvgIpc) is 3.30. The van der Waals surface area contributed by atoms with Crippen LogP contribution in [0.25, 0.3) is 33.8 Å². The Labute approximate surface area is 256 Å². The number of amides is 1. The van der Waals surface area contributed by atoms with Gasteiger partial charge in [0.2, 0.25) is 17.7 Å². The molecule has 46 heavy (non-hydrogen) atoms. The summed E-state index contributed by atoms with van der Waals surface area (Å²) in [5, 5.41) is 10.6. The number of pyridine rings is 1. The Hall–Kier alpha value is -5.02. The molecule has 0 unspecified atom stereocenters. The van der Waals surface area contributed by atoms with Gasteiger partial charge in [-0.25, -0.2) is 27.2 Å². The Kier molecular flexibility index (Phi) is 7.16. The second kappa shape index (κ2) is 11.1. The molecule has 0 spiro atoms. The molecule has 1 fully saturated rings. The van der Waals surface area contributed by atoms with E-state index in [0.29, 0.717) is 17.9 Å². The number of halogens is 6. The number of benzene rings is 1. The third-order valence-electron chi connectivity index (χ3n) is 7.91. The maximum absolute atomic E-state index is 14.7. The molecular weight excluding hydrogens is 620 g/mol. The zero-order valence-electron chi connectivity index (χ0n) is 24.0. The number of aromatic nitrogens is 6. The predicted molar refractivity (Wildman–Crippen MR) is 150 cm³/mol. The van der Waals surface area contributed by atoms with Gasteiger partial charge in [-0.15, -0.1) is 5.10 Å². The van der Waals surface area contributed by atoms with E-state index >= 15 is 0 Å². The summed E-state index contributed by atoms with van der Waals surface area (Å²) in [7, 11) is 1.50. The Morgan fingerprint density at radius 2 is 1.85 bits per heavy atom. The molecule has 240 valence electrons. The van der Waals surface area contributed by atoms with Crippen molar-refractivity contribution in [3.63, 3.8) is 0 Å². The number of nitrogens with zero attached hydrogens (tertiary/aromatic N) is 6. The number of carbonyl (C=O) groups is 1. The van der Waals surface area contributed by atoms with Crippen LogP contribution < -0.4 is 14.8 Å². The summed E-state index contributed by atoms with van der Waals surface area (Å²) in [6.07, 6.45) is -0.507. The van der Waals surface area contributed by atoms with Gasteiger partial charge in [-0.1, -0.05) is 30.3 Å². The molecule has 0 saturated heterocycles. The highest BCUT2D eigenvalue weighted by Crippen LogP contribution is 2.51. The minimum atomic E-state index is -3.22. The summed E-state index contributed by atoms with van der Waals surface area (Å²) in [6, 6.07) is 12.0. The molecule has 1 saturated carbocycles. The summed E-state index contributed by atoms with van der Waals surface area (Å²) in [5.41, 5.74) is 0.704. The first-order chi connectivity index (χ1) is 22.0. The van der Waals surface area contributed by atoms with Crippen LogP contribution in [-0.4, -0.2) is 60.2 Å². The van der Waals surface area contributed by atoms with E-state index in [1.165, 1.54) is 17.9 Å². The van der Waals surface area contributed by atoms with Gasteiger partial charge in [-0.2, -0.15) is 13.9 Å². The molecular formula is C30H25F6N7O3. The van der Waals surface area contributed by atoms with Crippen LogP contribution in [-0.2, 0) is 24.9 Å². The number of hydrogen-bond donors (Lipinski definition) is 1. The van der Waals surface area contributed by atoms with Crippen LogP contribution in [0.4, 0.5) is 26.3 Å². The number of fused-ring (bicyclic) bond motifs is 2. The molecule has 10 nitrogen and oxygen atoms in total. The van der Waals surface area contributed by atoms with Gasteiger partial charge in [0.15, 0.2) is 0 Å². The van der Waals surface area contributed by atoms with Crippen molar-refractivity contribution in [3.05, 3.63) is 66.1 Å². The van der Waals surface area contributed by atoms with E-state index in [9.17, 15) is 31.1 Å². The third-order valence-corrected chi connectivity index (χ3v) is 7.91. The summed E-state index contributed by atoms with van der Waals surface area (Å²) >= 11 is 0. The summed E-state index contributed by atoms with van der Waals surface area (Å²) in [5.74, 6) is -5.57. The second-order valence-electron chi connectivity index (χ2n) is 11.2. The smallest absolute Gasteiger partial charge is 0.388 e. The van der Waals surface area contributed by atoms with E-state index in [1.807, 2.05) is 30.3 Å². The highest BCUT2D eigenvalue weighted by molar-refractivity contribution is 5.97. The van der Waals surface area contributed by atoms with E-state index < -0.39 is 54.8 Å². The van der Waals surface area contributed by atoms with Crippen molar-refractivity contribution >= 4 is 5.91 Å². The van der Waals surface area contributed by atoms with Gasteiger partial charge in [0.25, 0.3) is 12.3 Å². The first-order valence-corrected chi connectivity index (χ1v) is 14.2. The van der Waals surface area contributed by atoms with E-state index in [2.05, 4.69) is 15.5 Å². The molecule has 16 heteroatoms. The second-order valence-corrected chi connectivity index (χ2v) is 11.2. The van der Waals surface area contributed by atoms with Crippen molar-refractivity contribution in [1.29, 1.82) is 0 Å². The lowest BCUT2D eigenvalue weighted by atomic mass is 9.98. The molecule has 1 amide bonds. The molecule has 7 rings (SSSR count). The molecule has 4 aliphatic rings. The van der Waals surface area contributed by atoms with E-state index in [-0.39, 0.29) is 41.4 Å². The standard InChI is InChI=1S/C30H25F6N7O3/c1-41-13-18(27(40-41)46-29(33)34)20-17-8-5-9-42(11-15-6-3-2-4-7-15)25(17)38-22(20)21-23(24(31)32)39-43-12-16(14-45-28(21)43)37-26(44)19-10-30(19,35)36/h2-9,13,16,19,24,29H,10-12,14H2,1H3,(H,37,44)/t16-,19-/m0/s1. The Morgan fingerprint density at radius 1 is 1.09 bits per heavy atom. The topological polar surface area (TPSA) is 101 Å². The number of nitrogens with one attached hydrogen (secondary N) is 1. The van der Waals surface area contributed by atoms with Crippen molar-refractivity contribution in [1.82, 2.24) is 34.4 Å². The van der Waals surface area contributed by atoms with Gasteiger partial charge in [-0.05, 0) is 17.7 Å². The minimum absolute atomic E-state index is 0.0354. The fraction of sp³-hybridized carbons (Fsp3) is 0.333. The molecule has 1 aliphatic carbocycles. The predicted octanol–water partition coefficient (Wildman–Crippen LogP) is 5.37. The van der Waals surface area contributed by atoms with Gasteiger partial charge in [0, 0.05) is 43.5 Å². The molecule has 0 radical (unpaired) electrons. The van der Waals surface area contributed by atoms with E-state index in [4.69, 9.17) is 14.5 Å². The third kappa shape index (κ3) is 5.30. The van der Waals surface area contributed by atoms with Gasteiger partial charge < -0.3 is 19.4 Å². The largest absolute Gasteiger partial charge is 0.475 e. The zero-order chi connectivity index (χ0) is 32.3. The highest BCUT2D eigenvalue weighted by atomic mass is 19.3. The first-order valence-electron chi connectivity index (χ1n) is 14.2. The maximum atomic E-state index is 14.7. The van der Waals surface area contributed by atoms with Gasteiger partial charge in [0.1, 0.15) is 24.0 Å². The monoisotopic (exact) mass is 645 g/mol. The number of carbonyl (C=O) groups excluding carboxylic acids is 1.